The fraction of sp³-hybridized carbons (Fsp3) is 0.296. The van der Waals surface area contributed by atoms with Gasteiger partial charge in [-0.2, -0.15) is 0 Å². The second kappa shape index (κ2) is 9.25. The van der Waals surface area contributed by atoms with Crippen LogP contribution in [0.25, 0.3) is 5.65 Å². The van der Waals surface area contributed by atoms with Crippen molar-refractivity contribution in [3.8, 4) is 5.75 Å². The first kappa shape index (κ1) is 19.7. The zero-order valence-electron chi connectivity index (χ0n) is 17.8. The molecule has 1 fully saturated rings. The summed E-state index contributed by atoms with van der Waals surface area (Å²) in [4.78, 5) is 5.14. The second-order valence-corrected chi connectivity index (χ2v) is 8.36. The summed E-state index contributed by atoms with van der Waals surface area (Å²) < 4.78 is 8.39. The van der Waals surface area contributed by atoms with Crippen LogP contribution in [0.1, 0.15) is 54.8 Å². The quantitative estimate of drug-likeness (QED) is 0.374. The lowest BCUT2D eigenvalue weighted by Crippen LogP contribution is -2.10. The predicted molar refractivity (Wildman–Crippen MR) is 126 cm³/mol. The topological polar surface area (TPSA) is 38.6 Å². The van der Waals surface area contributed by atoms with Crippen LogP contribution in [0.15, 0.2) is 79.0 Å². The fourth-order valence-electron chi connectivity index (χ4n) is 4.53. The molecule has 1 saturated carbocycles. The molecule has 0 bridgehead atoms. The van der Waals surface area contributed by atoms with E-state index >= 15 is 0 Å². The Kier molecular flexibility index (Phi) is 5.87. The minimum atomic E-state index is 0.508. The molecule has 4 aromatic rings. The van der Waals surface area contributed by atoms with Gasteiger partial charge in [-0.1, -0.05) is 79.9 Å². The highest BCUT2D eigenvalue weighted by atomic mass is 16.5. The van der Waals surface area contributed by atoms with Gasteiger partial charge in [-0.15, -0.1) is 0 Å². The van der Waals surface area contributed by atoms with E-state index in [1.54, 1.807) is 0 Å². The maximum atomic E-state index is 6.21. The lowest BCUT2D eigenvalue weighted by molar-refractivity contribution is 0.308. The molecule has 1 aliphatic rings. The predicted octanol–water partition coefficient (Wildman–Crippen LogP) is 6.57. The molecule has 0 radical (unpaired) electrons. The Morgan fingerprint density at radius 2 is 1.55 bits per heavy atom. The number of pyridine rings is 1. The normalized spacial score (nSPS) is 14.6. The van der Waals surface area contributed by atoms with Crippen molar-refractivity contribution in [1.82, 2.24) is 9.38 Å². The van der Waals surface area contributed by atoms with Crippen molar-refractivity contribution in [2.75, 3.05) is 5.32 Å². The van der Waals surface area contributed by atoms with Crippen molar-refractivity contribution in [2.24, 2.45) is 0 Å². The molecule has 1 N–H and O–H groups in total. The Morgan fingerprint density at radius 1 is 0.839 bits per heavy atom. The van der Waals surface area contributed by atoms with Crippen LogP contribution in [0.5, 0.6) is 5.75 Å². The van der Waals surface area contributed by atoms with E-state index in [9.17, 15) is 0 Å². The van der Waals surface area contributed by atoms with Gasteiger partial charge in [-0.25, -0.2) is 4.98 Å². The molecule has 2 heterocycles. The Morgan fingerprint density at radius 3 is 2.29 bits per heavy atom. The van der Waals surface area contributed by atoms with Crippen LogP contribution in [0, 0.1) is 0 Å². The molecule has 2 aromatic carbocycles. The standard InChI is InChI=1S/C27H29N3O/c1-4-11-21(12-5-1)19-28-27-25(23-15-8-3-9-16-23)29-26-24(17-10-18-30(26)27)31-20-22-13-6-2-7-14-22/h1-2,4-7,10-14,17-18,23,28H,3,8-9,15-16,19-20H2. The van der Waals surface area contributed by atoms with E-state index in [0.29, 0.717) is 12.5 Å². The van der Waals surface area contributed by atoms with Gasteiger partial charge in [0.2, 0.25) is 0 Å². The van der Waals surface area contributed by atoms with Crippen molar-refractivity contribution in [2.45, 2.75) is 51.2 Å². The van der Waals surface area contributed by atoms with Crippen molar-refractivity contribution in [3.63, 3.8) is 0 Å². The van der Waals surface area contributed by atoms with Gasteiger partial charge in [-0.3, -0.25) is 4.40 Å². The zero-order valence-corrected chi connectivity index (χ0v) is 17.8. The summed E-state index contributed by atoms with van der Waals surface area (Å²) in [6.45, 7) is 1.32. The van der Waals surface area contributed by atoms with E-state index in [0.717, 1.165) is 29.3 Å². The number of benzene rings is 2. The van der Waals surface area contributed by atoms with Gasteiger partial charge in [-0.05, 0) is 36.1 Å². The van der Waals surface area contributed by atoms with E-state index < -0.39 is 0 Å². The highest BCUT2D eigenvalue weighted by Crippen LogP contribution is 2.38. The van der Waals surface area contributed by atoms with E-state index in [1.165, 1.54) is 43.4 Å². The molecule has 1 aliphatic carbocycles. The Bertz CT molecular complexity index is 1120. The Balaban J connectivity index is 1.48. The maximum Gasteiger partial charge on any atom is 0.181 e. The van der Waals surface area contributed by atoms with Gasteiger partial charge in [0.05, 0.1) is 5.69 Å². The number of nitrogens with one attached hydrogen (secondary N) is 1. The third kappa shape index (κ3) is 4.43. The number of hydrogen-bond donors (Lipinski definition) is 1. The summed E-state index contributed by atoms with van der Waals surface area (Å²) in [5.41, 5.74) is 4.51. The number of nitrogens with zero attached hydrogens (tertiary/aromatic N) is 2. The van der Waals surface area contributed by atoms with E-state index in [4.69, 9.17) is 9.72 Å². The molecular weight excluding hydrogens is 382 g/mol. The first-order valence-corrected chi connectivity index (χ1v) is 11.3. The number of fused-ring (bicyclic) bond motifs is 1. The van der Waals surface area contributed by atoms with Gasteiger partial charge < -0.3 is 10.1 Å². The summed E-state index contributed by atoms with van der Waals surface area (Å²) in [5.74, 6) is 2.45. The van der Waals surface area contributed by atoms with Gasteiger partial charge >= 0.3 is 0 Å². The molecule has 4 nitrogen and oxygen atoms in total. The molecule has 4 heteroatoms. The molecular formula is C27H29N3O. The molecule has 0 atom stereocenters. The maximum absolute atomic E-state index is 6.21. The van der Waals surface area contributed by atoms with E-state index in [1.807, 2.05) is 30.3 Å². The SMILES string of the molecule is c1ccc(CNc2c(C3CCCCC3)nc3c(OCc4ccccc4)cccn23)cc1. The zero-order chi connectivity index (χ0) is 20.9. The molecule has 0 aliphatic heterocycles. The van der Waals surface area contributed by atoms with E-state index in [-0.39, 0.29) is 0 Å². The minimum absolute atomic E-state index is 0.508. The summed E-state index contributed by atoms with van der Waals surface area (Å²) in [6, 6.07) is 24.9. The average molecular weight is 412 g/mol. The van der Waals surface area contributed by atoms with E-state index in [2.05, 4.69) is 58.4 Å². The number of ether oxygens (including phenoxy) is 1. The van der Waals surface area contributed by atoms with Gasteiger partial charge in [0, 0.05) is 18.7 Å². The lowest BCUT2D eigenvalue weighted by atomic mass is 9.87. The highest BCUT2D eigenvalue weighted by Gasteiger charge is 2.24. The summed E-state index contributed by atoms with van der Waals surface area (Å²) in [5, 5.41) is 3.70. The second-order valence-electron chi connectivity index (χ2n) is 8.36. The number of anilines is 1. The van der Waals surface area contributed by atoms with Crippen molar-refractivity contribution < 1.29 is 4.74 Å². The van der Waals surface area contributed by atoms with Gasteiger partial charge in [0.25, 0.3) is 0 Å². The van der Waals surface area contributed by atoms with Gasteiger partial charge in [0.15, 0.2) is 11.4 Å². The van der Waals surface area contributed by atoms with Crippen LogP contribution < -0.4 is 10.1 Å². The van der Waals surface area contributed by atoms with Crippen LogP contribution in [0.3, 0.4) is 0 Å². The van der Waals surface area contributed by atoms with Gasteiger partial charge in [0.1, 0.15) is 12.4 Å². The monoisotopic (exact) mass is 411 g/mol. The Hall–Kier alpha value is -3.27. The van der Waals surface area contributed by atoms with Crippen LogP contribution in [-0.4, -0.2) is 9.38 Å². The third-order valence-electron chi connectivity index (χ3n) is 6.17. The molecule has 0 unspecified atom stereocenters. The van der Waals surface area contributed by atoms with Crippen molar-refractivity contribution in [3.05, 3.63) is 95.8 Å². The summed E-state index contributed by atoms with van der Waals surface area (Å²) in [7, 11) is 0. The molecule has 2 aromatic heterocycles. The highest BCUT2D eigenvalue weighted by molar-refractivity contribution is 5.63. The number of hydrogen-bond acceptors (Lipinski definition) is 3. The van der Waals surface area contributed by atoms with Crippen LogP contribution in [0.4, 0.5) is 5.82 Å². The number of imidazole rings is 1. The molecule has 158 valence electrons. The first-order valence-electron chi connectivity index (χ1n) is 11.3. The number of aromatic nitrogens is 2. The smallest absolute Gasteiger partial charge is 0.181 e. The molecule has 0 amide bonds. The molecule has 0 spiro atoms. The molecule has 31 heavy (non-hydrogen) atoms. The summed E-state index contributed by atoms with van der Waals surface area (Å²) >= 11 is 0. The number of rotatable bonds is 7. The minimum Gasteiger partial charge on any atom is -0.485 e. The van der Waals surface area contributed by atoms with Crippen molar-refractivity contribution in [1.29, 1.82) is 0 Å². The third-order valence-corrected chi connectivity index (χ3v) is 6.17. The van der Waals surface area contributed by atoms with Crippen LogP contribution >= 0.6 is 0 Å². The summed E-state index contributed by atoms with van der Waals surface area (Å²) in [6.07, 6.45) is 8.43. The van der Waals surface area contributed by atoms with Crippen LogP contribution in [-0.2, 0) is 13.2 Å². The largest absolute Gasteiger partial charge is 0.485 e. The van der Waals surface area contributed by atoms with Crippen molar-refractivity contribution >= 4 is 11.5 Å². The Labute approximate surface area is 183 Å². The van der Waals surface area contributed by atoms with Crippen LogP contribution in [0.2, 0.25) is 0 Å². The average Bonchev–Trinajstić information content (AvgIpc) is 3.22. The fourth-order valence-corrected chi connectivity index (χ4v) is 4.53. The lowest BCUT2D eigenvalue weighted by Gasteiger charge is -2.21. The molecule has 5 rings (SSSR count). The molecule has 0 saturated heterocycles. The first-order chi connectivity index (χ1) is 15.4.